The molecule has 2 unspecified atom stereocenters. The molecule has 3 aromatic carbocycles. The number of allylic oxidation sites excluding steroid dienone is 10. The largest absolute Gasteiger partial charge is 0.493 e. The smallest absolute Gasteiger partial charge is 0.312 e. The van der Waals surface area contributed by atoms with Crippen molar-refractivity contribution in [2.24, 2.45) is 23.7 Å². The molecule has 2 heterocycles. The molecule has 624 valence electrons. The molecule has 6 atom stereocenters. The average molecular weight is 1590 g/mol. The SMILES string of the molecule is COc1cc2c(cc1OCCCCCOc1cc3c(cc1OC)C(=O)N1C=C(C)CC1(C)[C@H](O)C(C(=O)OCc1ccc(/C=C/C(=O)[C@H](C)NC(=O)[C@@H](/C=C/C(=O)CCOCCOCCOCCOCCOCCOCCOCCOCCNC(=O)CC/C=C4/CC(=O)C=CC4=O)C(C)C)cc1)C3)C=C[C@@H]1CC(C)=CC=C1CC2=O. The van der Waals surface area contributed by atoms with Crippen molar-refractivity contribution in [3.8, 4) is 23.0 Å². The van der Waals surface area contributed by atoms with Crippen molar-refractivity contribution in [2.75, 3.05) is 140 Å². The molecule has 3 amide bonds. The lowest BCUT2D eigenvalue weighted by Crippen LogP contribution is -2.58. The summed E-state index contributed by atoms with van der Waals surface area (Å²) in [5, 5.41) is 17.8. The maximum Gasteiger partial charge on any atom is 0.312 e. The van der Waals surface area contributed by atoms with Crippen LogP contribution < -0.4 is 29.6 Å². The number of methoxy groups -OCH3 is 2. The van der Waals surface area contributed by atoms with Crippen molar-refractivity contribution in [2.45, 2.75) is 136 Å². The number of carbonyl (C=O) groups is 9. The molecule has 0 saturated heterocycles. The summed E-state index contributed by atoms with van der Waals surface area (Å²) in [7, 11) is 3.06. The van der Waals surface area contributed by atoms with E-state index in [4.69, 9.17) is 61.6 Å². The van der Waals surface area contributed by atoms with Gasteiger partial charge in [-0.25, -0.2) is 0 Å². The molecular formula is C89H115N3O23. The van der Waals surface area contributed by atoms with Crippen LogP contribution in [0.3, 0.4) is 0 Å². The van der Waals surface area contributed by atoms with Gasteiger partial charge in [-0.1, -0.05) is 97.4 Å². The molecule has 0 saturated carbocycles. The molecule has 0 fully saturated rings. The minimum Gasteiger partial charge on any atom is -0.493 e. The van der Waals surface area contributed by atoms with Gasteiger partial charge in [-0.05, 0) is 149 Å². The van der Waals surface area contributed by atoms with Crippen LogP contribution >= 0.6 is 0 Å². The molecule has 3 N–H and O–H groups in total. The summed E-state index contributed by atoms with van der Waals surface area (Å²) in [6, 6.07) is 13.2. The number of hydrogen-bond donors (Lipinski definition) is 3. The number of hydrogen-bond acceptors (Lipinski definition) is 23. The minimum absolute atomic E-state index is 0.0268. The van der Waals surface area contributed by atoms with Crippen LogP contribution in [0.5, 0.6) is 23.0 Å². The summed E-state index contributed by atoms with van der Waals surface area (Å²) in [6.45, 7) is 17.8. The number of aliphatic hydroxyl groups excluding tert-OH is 1. The highest BCUT2D eigenvalue weighted by molar-refractivity contribution is 6.15. The zero-order valence-electron chi connectivity index (χ0n) is 67.8. The van der Waals surface area contributed by atoms with E-state index in [9.17, 15) is 48.3 Å². The van der Waals surface area contributed by atoms with Gasteiger partial charge in [-0.3, -0.25) is 43.2 Å². The quantitative estimate of drug-likeness (QED) is 0.0269. The molecule has 26 nitrogen and oxygen atoms in total. The third-order valence-electron chi connectivity index (χ3n) is 20.2. The molecule has 3 aromatic rings. The van der Waals surface area contributed by atoms with Crippen LogP contribution in [0.1, 0.15) is 149 Å². The predicted molar refractivity (Wildman–Crippen MR) is 431 cm³/mol. The highest BCUT2D eigenvalue weighted by Crippen LogP contribution is 2.44. The Morgan fingerprint density at radius 2 is 1.23 bits per heavy atom. The first-order valence-electron chi connectivity index (χ1n) is 39.8. The van der Waals surface area contributed by atoms with Crippen molar-refractivity contribution < 1.29 is 110 Å². The number of amides is 3. The van der Waals surface area contributed by atoms with E-state index in [1.165, 1.54) is 41.9 Å². The summed E-state index contributed by atoms with van der Waals surface area (Å²) in [6.07, 6.45) is 23.3. The van der Waals surface area contributed by atoms with Gasteiger partial charge in [-0.15, -0.1) is 0 Å². The summed E-state index contributed by atoms with van der Waals surface area (Å²) < 4.78 is 74.2. The Kier molecular flexibility index (Phi) is 38.3. The second-order valence-corrected chi connectivity index (χ2v) is 29.5. The standard InChI is InChI=1S/C89H115N3O23/c1-60(2)73(26-24-71(93)29-33-105-35-37-107-39-41-109-43-45-111-47-48-112-46-44-110-42-40-108-38-36-106-34-30-90-84(98)14-12-13-69-50-72(94)25-28-78(69)96)86(100)91-63(5)77(95)27-20-64-16-18-65(19-17-64)59-115-88(102)76-51-70-54-83(81(104-8)56-75(70)87(101)92-58-62(4)57-89(92,6)85(76)99)114-32-11-9-10-31-113-82-53-68-23-22-66-49-61(3)15-21-67(66)52-79(97)74(68)55-80(82)103-7/h13,15-28,53-56,58,60,63,66,73,76,85,99H,9-12,14,29-52,57,59H2,1-8H3,(H,90,98)(H,91,100)/b23-22?,26-24+,27-20+,69-13-/t63-,66+,73-,76?,85+,89?/m0/s1. The number of benzene rings is 3. The molecule has 0 bridgehead atoms. The highest BCUT2D eigenvalue weighted by Gasteiger charge is 2.52. The van der Waals surface area contributed by atoms with Crippen molar-refractivity contribution in [3.05, 3.63) is 165 Å². The number of Topliss-reactive ketones (excluding diaryl/α,β-unsaturated/α-hetero) is 1. The number of ether oxygens (including phenoxy) is 13. The number of ketones is 5. The summed E-state index contributed by atoms with van der Waals surface area (Å²) in [4.78, 5) is 119. The van der Waals surface area contributed by atoms with Crippen LogP contribution in [0.4, 0.5) is 0 Å². The third kappa shape index (κ3) is 29.4. The first-order valence-corrected chi connectivity index (χ1v) is 39.8. The first kappa shape index (κ1) is 91.2. The number of aliphatic hydroxyl groups is 1. The van der Waals surface area contributed by atoms with Gasteiger partial charge in [-0.2, -0.15) is 0 Å². The molecule has 0 aromatic heterocycles. The number of fused-ring (bicyclic) bond motifs is 4. The van der Waals surface area contributed by atoms with Gasteiger partial charge in [0.05, 0.1) is 163 Å². The van der Waals surface area contributed by atoms with Crippen LogP contribution in [0.2, 0.25) is 0 Å². The fourth-order valence-corrected chi connectivity index (χ4v) is 13.7. The van der Waals surface area contributed by atoms with E-state index in [-0.39, 0.29) is 98.1 Å². The van der Waals surface area contributed by atoms with E-state index in [1.54, 1.807) is 87.8 Å². The lowest BCUT2D eigenvalue weighted by atomic mass is 9.77. The second-order valence-electron chi connectivity index (χ2n) is 29.5. The summed E-state index contributed by atoms with van der Waals surface area (Å²) >= 11 is 0. The van der Waals surface area contributed by atoms with Crippen LogP contribution in [0, 0.1) is 23.7 Å². The maximum atomic E-state index is 14.5. The van der Waals surface area contributed by atoms with E-state index < -0.39 is 41.4 Å². The number of rotatable bonds is 51. The van der Waals surface area contributed by atoms with Crippen LogP contribution in [-0.2, 0) is 89.2 Å². The van der Waals surface area contributed by atoms with E-state index in [0.717, 1.165) is 29.6 Å². The van der Waals surface area contributed by atoms with Crippen LogP contribution in [0.15, 0.2) is 132 Å². The Bertz CT molecular complexity index is 4050. The Labute approximate surface area is 674 Å². The van der Waals surface area contributed by atoms with Gasteiger partial charge < -0.3 is 82.2 Å². The normalized spacial score (nSPS) is 18.8. The van der Waals surface area contributed by atoms with E-state index in [2.05, 4.69) is 35.8 Å². The van der Waals surface area contributed by atoms with E-state index in [0.29, 0.717) is 201 Å². The molecule has 0 spiro atoms. The van der Waals surface area contributed by atoms with Gasteiger partial charge in [0.2, 0.25) is 11.8 Å². The molecule has 2 aliphatic heterocycles. The molecule has 8 rings (SSSR count). The fourth-order valence-electron chi connectivity index (χ4n) is 13.7. The van der Waals surface area contributed by atoms with E-state index in [1.807, 2.05) is 32.9 Å². The highest BCUT2D eigenvalue weighted by atomic mass is 16.6. The number of nitrogens with zero attached hydrogens (tertiary/aromatic N) is 1. The zero-order valence-corrected chi connectivity index (χ0v) is 67.8. The predicted octanol–water partition coefficient (Wildman–Crippen LogP) is 10.5. The average Bonchev–Trinajstić information content (AvgIpc) is 1.65. The topological polar surface area (TPSA) is 321 Å². The molecule has 3 aliphatic carbocycles. The lowest BCUT2D eigenvalue weighted by Gasteiger charge is -2.43. The maximum absolute atomic E-state index is 14.5. The molecule has 0 radical (unpaired) electrons. The van der Waals surface area contributed by atoms with Gasteiger partial charge >= 0.3 is 5.97 Å². The van der Waals surface area contributed by atoms with Gasteiger partial charge in [0.1, 0.15) is 6.61 Å². The Hall–Kier alpha value is -9.35. The molecule has 5 aliphatic rings. The lowest BCUT2D eigenvalue weighted by molar-refractivity contribution is -0.157. The van der Waals surface area contributed by atoms with Crippen molar-refractivity contribution >= 4 is 64.8 Å². The second kappa shape index (κ2) is 48.2. The van der Waals surface area contributed by atoms with Crippen molar-refractivity contribution in [3.63, 3.8) is 0 Å². The molecule has 115 heavy (non-hydrogen) atoms. The minimum atomic E-state index is -1.32. The van der Waals surface area contributed by atoms with E-state index >= 15 is 0 Å². The number of nitrogens with one attached hydrogen (secondary N) is 2. The van der Waals surface area contributed by atoms with Crippen LogP contribution in [-0.4, -0.2) is 220 Å². The van der Waals surface area contributed by atoms with Crippen molar-refractivity contribution in [1.82, 2.24) is 15.5 Å². The number of esters is 1. The summed E-state index contributed by atoms with van der Waals surface area (Å²) in [5.74, 6) is -2.38. The number of unbranched alkanes of at least 4 members (excludes halogenated alkanes) is 2. The van der Waals surface area contributed by atoms with Gasteiger partial charge in [0.25, 0.3) is 5.91 Å². The van der Waals surface area contributed by atoms with Crippen LogP contribution in [0.25, 0.3) is 12.2 Å². The Morgan fingerprint density at radius 1 is 0.635 bits per heavy atom. The zero-order chi connectivity index (χ0) is 82.5. The third-order valence-corrected chi connectivity index (χ3v) is 20.2. The summed E-state index contributed by atoms with van der Waals surface area (Å²) in [5.41, 5.74) is 6.05. The first-order chi connectivity index (χ1) is 55.5. The molecule has 26 heteroatoms. The Balaban J connectivity index is 0.653. The fraction of sp³-hybridized carbons (Fsp3) is 0.517. The van der Waals surface area contributed by atoms with Gasteiger partial charge in [0.15, 0.2) is 51.9 Å². The van der Waals surface area contributed by atoms with Gasteiger partial charge in [0, 0.05) is 61.0 Å². The Morgan fingerprint density at radius 3 is 1.83 bits per heavy atom. The monoisotopic (exact) mass is 1590 g/mol. The molecular weight excluding hydrogens is 1480 g/mol. The van der Waals surface area contributed by atoms with Crippen molar-refractivity contribution in [1.29, 1.82) is 0 Å². The number of carbonyl (C=O) groups excluding carboxylic acids is 9.